The number of hydrogen-bond donors (Lipinski definition) is 3. The fourth-order valence-corrected chi connectivity index (χ4v) is 3.25. The topological polar surface area (TPSA) is 113 Å². The van der Waals surface area contributed by atoms with Crippen molar-refractivity contribution in [2.24, 2.45) is 5.41 Å². The molecule has 0 aromatic rings. The SMILES string of the molecule is CCC(CC)(CNC(=O)NC1C=CS(=O)(=O)C1)C(=O)O. The Kier molecular flexibility index (Phi) is 5.15. The monoisotopic (exact) mass is 304 g/mol. The van der Waals surface area contributed by atoms with E-state index in [0.717, 1.165) is 5.41 Å². The van der Waals surface area contributed by atoms with E-state index in [2.05, 4.69) is 10.6 Å². The largest absolute Gasteiger partial charge is 0.481 e. The lowest BCUT2D eigenvalue weighted by Gasteiger charge is -2.27. The number of hydrogen-bond acceptors (Lipinski definition) is 4. The minimum Gasteiger partial charge on any atom is -0.481 e. The first-order valence-corrected chi connectivity index (χ1v) is 8.15. The Balaban J connectivity index is 2.51. The fraction of sp³-hybridized carbons (Fsp3) is 0.667. The summed E-state index contributed by atoms with van der Waals surface area (Å²) >= 11 is 0. The van der Waals surface area contributed by atoms with Crippen LogP contribution in [0, 0.1) is 5.41 Å². The van der Waals surface area contributed by atoms with Crippen LogP contribution in [0.4, 0.5) is 4.79 Å². The highest BCUT2D eigenvalue weighted by Gasteiger charge is 2.35. The van der Waals surface area contributed by atoms with Gasteiger partial charge < -0.3 is 15.7 Å². The Morgan fingerprint density at radius 1 is 1.35 bits per heavy atom. The van der Waals surface area contributed by atoms with Crippen LogP contribution in [0.1, 0.15) is 26.7 Å². The molecule has 0 saturated carbocycles. The molecule has 0 spiro atoms. The molecule has 1 unspecified atom stereocenters. The normalized spacial score (nSPS) is 20.6. The van der Waals surface area contributed by atoms with E-state index in [1.807, 2.05) is 0 Å². The average Bonchev–Trinajstić information content (AvgIpc) is 2.70. The van der Waals surface area contributed by atoms with Gasteiger partial charge in [-0.15, -0.1) is 0 Å². The van der Waals surface area contributed by atoms with Crippen LogP contribution in [0.5, 0.6) is 0 Å². The lowest BCUT2D eigenvalue weighted by atomic mass is 9.82. The third kappa shape index (κ3) is 3.96. The summed E-state index contributed by atoms with van der Waals surface area (Å²) in [6, 6.07) is -1.13. The zero-order valence-electron chi connectivity index (χ0n) is 11.5. The lowest BCUT2D eigenvalue weighted by Crippen LogP contribution is -2.48. The highest BCUT2D eigenvalue weighted by molar-refractivity contribution is 7.94. The first-order chi connectivity index (χ1) is 9.24. The van der Waals surface area contributed by atoms with E-state index in [1.165, 1.54) is 6.08 Å². The molecule has 0 fully saturated rings. The van der Waals surface area contributed by atoms with Crippen molar-refractivity contribution in [1.82, 2.24) is 10.6 Å². The zero-order valence-corrected chi connectivity index (χ0v) is 12.4. The number of amides is 2. The highest BCUT2D eigenvalue weighted by Crippen LogP contribution is 2.25. The predicted octanol–water partition coefficient (Wildman–Crippen LogP) is 0.487. The van der Waals surface area contributed by atoms with Crippen molar-refractivity contribution in [3.8, 4) is 0 Å². The summed E-state index contributed by atoms with van der Waals surface area (Å²) in [7, 11) is -3.22. The van der Waals surface area contributed by atoms with Crippen molar-refractivity contribution in [1.29, 1.82) is 0 Å². The van der Waals surface area contributed by atoms with E-state index in [9.17, 15) is 23.1 Å². The van der Waals surface area contributed by atoms with Gasteiger partial charge >= 0.3 is 12.0 Å². The smallest absolute Gasteiger partial charge is 0.315 e. The summed E-state index contributed by atoms with van der Waals surface area (Å²) in [4.78, 5) is 22.9. The molecule has 0 aliphatic carbocycles. The summed E-state index contributed by atoms with van der Waals surface area (Å²) in [5.41, 5.74) is -0.991. The van der Waals surface area contributed by atoms with Crippen molar-refractivity contribution >= 4 is 21.8 Å². The molecule has 1 heterocycles. The number of carboxylic acid groups (broad SMARTS) is 1. The van der Waals surface area contributed by atoms with Gasteiger partial charge in [0, 0.05) is 12.0 Å². The first-order valence-electron chi connectivity index (χ1n) is 6.43. The number of aliphatic carboxylic acids is 1. The van der Waals surface area contributed by atoms with Crippen molar-refractivity contribution in [2.45, 2.75) is 32.7 Å². The third-order valence-electron chi connectivity index (χ3n) is 3.64. The minimum absolute atomic E-state index is 0.00432. The van der Waals surface area contributed by atoms with Gasteiger partial charge in [0.05, 0.1) is 17.2 Å². The van der Waals surface area contributed by atoms with E-state index in [1.54, 1.807) is 13.8 Å². The van der Waals surface area contributed by atoms with Crippen LogP contribution in [0.2, 0.25) is 0 Å². The molecule has 7 nitrogen and oxygen atoms in total. The Labute approximate surface area is 118 Å². The summed E-state index contributed by atoms with van der Waals surface area (Å²) < 4.78 is 22.4. The van der Waals surface area contributed by atoms with Gasteiger partial charge in [-0.1, -0.05) is 13.8 Å². The van der Waals surface area contributed by atoms with Crippen LogP contribution >= 0.6 is 0 Å². The number of nitrogens with one attached hydrogen (secondary N) is 2. The molecule has 1 aliphatic rings. The maximum Gasteiger partial charge on any atom is 0.315 e. The summed E-state index contributed by atoms with van der Waals surface area (Å²) in [6.07, 6.45) is 2.20. The van der Waals surface area contributed by atoms with E-state index >= 15 is 0 Å². The molecule has 8 heteroatoms. The Morgan fingerprint density at radius 2 is 1.95 bits per heavy atom. The molecule has 1 atom stereocenters. The summed E-state index contributed by atoms with van der Waals surface area (Å²) in [5.74, 6) is -1.11. The van der Waals surface area contributed by atoms with Gasteiger partial charge in [0.15, 0.2) is 9.84 Å². The predicted molar refractivity (Wildman–Crippen MR) is 73.9 cm³/mol. The molecule has 2 amide bonds. The number of rotatable bonds is 6. The Hall–Kier alpha value is -1.57. The van der Waals surface area contributed by atoms with Crippen molar-refractivity contribution in [3.05, 3.63) is 11.5 Å². The highest BCUT2D eigenvalue weighted by atomic mass is 32.2. The Morgan fingerprint density at radius 3 is 2.35 bits per heavy atom. The van der Waals surface area contributed by atoms with Crippen LogP contribution in [0.15, 0.2) is 11.5 Å². The van der Waals surface area contributed by atoms with Crippen LogP contribution in [0.3, 0.4) is 0 Å². The molecule has 0 bridgehead atoms. The van der Waals surface area contributed by atoms with Crippen LogP contribution < -0.4 is 10.6 Å². The molecular formula is C12H20N2O5S. The molecule has 1 rings (SSSR count). The molecule has 0 saturated heterocycles. The average molecular weight is 304 g/mol. The molecule has 0 aromatic heterocycles. The van der Waals surface area contributed by atoms with Gasteiger partial charge in [0.25, 0.3) is 0 Å². The van der Waals surface area contributed by atoms with Crippen LogP contribution in [-0.4, -0.2) is 43.9 Å². The van der Waals surface area contributed by atoms with Crippen LogP contribution in [0.25, 0.3) is 0 Å². The quantitative estimate of drug-likeness (QED) is 0.661. The van der Waals surface area contributed by atoms with Crippen molar-refractivity contribution in [2.75, 3.05) is 12.3 Å². The molecule has 0 aromatic carbocycles. The second-order valence-electron chi connectivity index (χ2n) is 4.88. The lowest BCUT2D eigenvalue weighted by molar-refractivity contribution is -0.149. The number of sulfone groups is 1. The number of carbonyl (C=O) groups excluding carboxylic acids is 1. The maximum atomic E-state index is 11.7. The van der Waals surface area contributed by atoms with Gasteiger partial charge in [0.1, 0.15) is 0 Å². The standard InChI is InChI=1S/C12H20N2O5S/c1-3-12(4-2,10(15)16)8-13-11(17)14-9-5-6-20(18,19)7-9/h5-6,9H,3-4,7-8H2,1-2H3,(H,15,16)(H2,13,14,17). The van der Waals surface area contributed by atoms with E-state index in [-0.39, 0.29) is 12.3 Å². The van der Waals surface area contributed by atoms with E-state index in [0.29, 0.717) is 12.8 Å². The second kappa shape index (κ2) is 6.25. The molecule has 20 heavy (non-hydrogen) atoms. The fourth-order valence-electron chi connectivity index (χ4n) is 2.01. The van der Waals surface area contributed by atoms with Gasteiger partial charge in [0.2, 0.25) is 0 Å². The maximum absolute atomic E-state index is 11.7. The number of carboxylic acids is 1. The van der Waals surface area contributed by atoms with Crippen LogP contribution in [-0.2, 0) is 14.6 Å². The third-order valence-corrected chi connectivity index (χ3v) is 5.04. The van der Waals surface area contributed by atoms with Gasteiger partial charge in [-0.2, -0.15) is 0 Å². The molecule has 114 valence electrons. The van der Waals surface area contributed by atoms with Gasteiger partial charge in [-0.25, -0.2) is 13.2 Å². The van der Waals surface area contributed by atoms with E-state index in [4.69, 9.17) is 0 Å². The van der Waals surface area contributed by atoms with E-state index < -0.39 is 33.3 Å². The van der Waals surface area contributed by atoms with Crippen molar-refractivity contribution in [3.63, 3.8) is 0 Å². The Bertz CT molecular complexity index is 508. The van der Waals surface area contributed by atoms with Crippen molar-refractivity contribution < 1.29 is 23.1 Å². The molecule has 1 aliphatic heterocycles. The number of carbonyl (C=O) groups is 2. The zero-order chi connectivity index (χ0) is 15.4. The van der Waals surface area contributed by atoms with Gasteiger partial charge in [-0.3, -0.25) is 4.79 Å². The van der Waals surface area contributed by atoms with Gasteiger partial charge in [-0.05, 0) is 18.9 Å². The number of urea groups is 1. The second-order valence-corrected chi connectivity index (χ2v) is 6.82. The molecule has 0 radical (unpaired) electrons. The minimum atomic E-state index is -3.22. The first kappa shape index (κ1) is 16.5. The summed E-state index contributed by atoms with van der Waals surface area (Å²) in [5, 5.41) is 15.3. The summed E-state index contributed by atoms with van der Waals surface area (Å²) in [6.45, 7) is 3.51. The molecule has 3 N–H and O–H groups in total. The molecular weight excluding hydrogens is 284 g/mol.